The highest BCUT2D eigenvalue weighted by Crippen LogP contribution is 2.23. The van der Waals surface area contributed by atoms with E-state index in [2.05, 4.69) is 12.2 Å². The summed E-state index contributed by atoms with van der Waals surface area (Å²) in [5, 5.41) is 6.91. The summed E-state index contributed by atoms with van der Waals surface area (Å²) >= 11 is 4.63. The van der Waals surface area contributed by atoms with Crippen molar-refractivity contribution in [3.05, 3.63) is 0 Å². The molecule has 0 aromatic carbocycles. The van der Waals surface area contributed by atoms with E-state index in [0.29, 0.717) is 5.66 Å². The fraction of sp³-hybridized carbons (Fsp3) is 1.00. The highest BCUT2D eigenvalue weighted by molar-refractivity contribution is 8.28. The van der Waals surface area contributed by atoms with Crippen molar-refractivity contribution in [1.29, 1.82) is 5.16 Å². The third-order valence-corrected chi connectivity index (χ3v) is 2.67. The van der Waals surface area contributed by atoms with Gasteiger partial charge in [0, 0.05) is 0 Å². The summed E-state index contributed by atoms with van der Waals surface area (Å²) in [5.41, 5.74) is 0.398. The maximum absolute atomic E-state index is 6.91. The average Bonchev–Trinajstić information content (AvgIpc) is 1.36. The molecule has 0 saturated carbocycles. The maximum atomic E-state index is 6.91. The predicted molar refractivity (Wildman–Crippen MR) is 32.1 cm³/mol. The van der Waals surface area contributed by atoms with Gasteiger partial charge in [-0.05, 0) is 13.8 Å². The molecule has 0 aliphatic rings. The van der Waals surface area contributed by atoms with E-state index < -0.39 is 6.92 Å². The lowest BCUT2D eigenvalue weighted by atomic mass is 10.6. The fourth-order valence-corrected chi connectivity index (χ4v) is 0. The summed E-state index contributed by atoms with van der Waals surface area (Å²) in [6.07, 6.45) is 0. The van der Waals surface area contributed by atoms with E-state index in [1.165, 1.54) is 0 Å². The molecule has 0 radical (unpaired) electrons. The number of nitrogens with one attached hydrogen (secondary N) is 1. The normalized spacial score (nSPS) is 12.3. The number of hydrogen-bond donors (Lipinski definition) is 1. The molecule has 0 spiro atoms. The highest BCUT2D eigenvalue weighted by Gasteiger charge is 1.95. The molecule has 0 bridgehead atoms. The summed E-state index contributed by atoms with van der Waals surface area (Å²) in [6.45, 7) is 3.13. The van der Waals surface area contributed by atoms with Gasteiger partial charge in [0.1, 0.15) is 5.66 Å². The second kappa shape index (κ2) is 2.59. The Morgan fingerprint density at radius 1 is 1.67 bits per heavy atom. The number of rotatable bonds is 1. The van der Waals surface area contributed by atoms with E-state index >= 15 is 0 Å². The van der Waals surface area contributed by atoms with E-state index in [9.17, 15) is 0 Å². The summed E-state index contributed by atoms with van der Waals surface area (Å²) < 4.78 is 0. The first-order chi connectivity index (χ1) is 2.64. The van der Waals surface area contributed by atoms with Crippen molar-refractivity contribution in [2.45, 2.75) is 19.5 Å². The highest BCUT2D eigenvalue weighted by atomic mass is 32.7. The van der Waals surface area contributed by atoms with Gasteiger partial charge in [-0.25, -0.2) is 0 Å². The molecule has 1 unspecified atom stereocenters. The molecule has 0 rings (SSSR count). The van der Waals surface area contributed by atoms with Crippen molar-refractivity contribution in [1.82, 2.24) is 0 Å². The maximum Gasteiger partial charge on any atom is 0.110 e. The summed E-state index contributed by atoms with van der Waals surface area (Å²) in [6, 6.07) is 0. The van der Waals surface area contributed by atoms with Gasteiger partial charge in [0.25, 0.3) is 0 Å². The first kappa shape index (κ1) is 6.45. The molecule has 0 heterocycles. The Bertz CT molecular complexity index is 61.8. The SMILES string of the molecule is CC(C)[P+](=N)[S-]. The summed E-state index contributed by atoms with van der Waals surface area (Å²) in [7, 11) is 0. The molecule has 0 aliphatic carbocycles. The smallest absolute Gasteiger partial charge is 0.110 e. The van der Waals surface area contributed by atoms with Crippen LogP contribution in [-0.2, 0) is 12.2 Å². The quantitative estimate of drug-likeness (QED) is 0.417. The van der Waals surface area contributed by atoms with E-state index in [4.69, 9.17) is 5.16 Å². The van der Waals surface area contributed by atoms with Crippen molar-refractivity contribution in [2.75, 3.05) is 0 Å². The molecule has 0 fully saturated rings. The molecule has 1 nitrogen and oxygen atoms in total. The Kier molecular flexibility index (Phi) is 2.79. The van der Waals surface area contributed by atoms with Gasteiger partial charge in [0.15, 0.2) is 0 Å². The first-order valence-electron chi connectivity index (χ1n) is 1.82. The van der Waals surface area contributed by atoms with Crippen LogP contribution in [0.2, 0.25) is 0 Å². The Morgan fingerprint density at radius 3 is 1.83 bits per heavy atom. The predicted octanol–water partition coefficient (Wildman–Crippen LogP) is 2.10. The topological polar surface area (TPSA) is 23.9 Å². The van der Waals surface area contributed by atoms with Crippen molar-refractivity contribution in [3.8, 4) is 0 Å². The largest absolute Gasteiger partial charge is 0.469 e. The van der Waals surface area contributed by atoms with Crippen molar-refractivity contribution < 1.29 is 0 Å². The van der Waals surface area contributed by atoms with E-state index in [-0.39, 0.29) is 0 Å². The van der Waals surface area contributed by atoms with Crippen molar-refractivity contribution >= 4 is 19.2 Å². The molecule has 0 aliphatic heterocycles. The molecule has 0 aromatic rings. The van der Waals surface area contributed by atoms with Crippen LogP contribution in [0.1, 0.15) is 13.8 Å². The van der Waals surface area contributed by atoms with Gasteiger partial charge >= 0.3 is 0 Å². The third kappa shape index (κ3) is 2.67. The van der Waals surface area contributed by atoms with Gasteiger partial charge in [-0.3, -0.25) is 0 Å². The van der Waals surface area contributed by atoms with Crippen LogP contribution in [0.15, 0.2) is 0 Å². The molecule has 36 valence electrons. The van der Waals surface area contributed by atoms with Crippen LogP contribution in [0, 0.1) is 5.16 Å². The molecule has 1 atom stereocenters. The fourth-order valence-electron chi connectivity index (χ4n) is 0. The molecule has 6 heavy (non-hydrogen) atoms. The van der Waals surface area contributed by atoms with Gasteiger partial charge in [-0.1, -0.05) is 0 Å². The Balaban J connectivity index is 3.26. The first-order valence-corrected chi connectivity index (χ1v) is 4.24. The van der Waals surface area contributed by atoms with Crippen LogP contribution in [0.4, 0.5) is 0 Å². The van der Waals surface area contributed by atoms with Crippen LogP contribution < -0.4 is 0 Å². The Labute approximate surface area is 44.6 Å². The zero-order valence-electron chi connectivity index (χ0n) is 3.93. The zero-order valence-corrected chi connectivity index (χ0v) is 5.64. The van der Waals surface area contributed by atoms with Crippen molar-refractivity contribution in [2.24, 2.45) is 0 Å². The Morgan fingerprint density at radius 2 is 1.83 bits per heavy atom. The molecular formula is C3H8NPS. The lowest BCUT2D eigenvalue weighted by Gasteiger charge is -1.92. The average molecular weight is 121 g/mol. The lowest BCUT2D eigenvalue weighted by Crippen LogP contribution is -1.79. The Hall–Kier alpha value is 0.450. The minimum atomic E-state index is -0.826. The van der Waals surface area contributed by atoms with E-state index in [0.717, 1.165) is 0 Å². The van der Waals surface area contributed by atoms with Gasteiger partial charge in [0.2, 0.25) is 0 Å². The van der Waals surface area contributed by atoms with E-state index in [1.807, 2.05) is 13.8 Å². The molecule has 3 heteroatoms. The van der Waals surface area contributed by atoms with Crippen LogP contribution in [0.5, 0.6) is 0 Å². The summed E-state index contributed by atoms with van der Waals surface area (Å²) in [4.78, 5) is 0. The van der Waals surface area contributed by atoms with Crippen LogP contribution in [0.3, 0.4) is 0 Å². The molecule has 0 aromatic heterocycles. The summed E-state index contributed by atoms with van der Waals surface area (Å²) in [5.74, 6) is 0. The van der Waals surface area contributed by atoms with Gasteiger partial charge in [-0.2, -0.15) is 0 Å². The van der Waals surface area contributed by atoms with Gasteiger partial charge in [0.05, 0.1) is 6.92 Å². The second-order valence-corrected chi connectivity index (χ2v) is 4.28. The second-order valence-electron chi connectivity index (χ2n) is 1.42. The minimum absolute atomic E-state index is 0.398. The van der Waals surface area contributed by atoms with Gasteiger partial charge < -0.3 is 12.2 Å². The number of hydrogen-bond acceptors (Lipinski definition) is 2. The molecule has 0 saturated heterocycles. The van der Waals surface area contributed by atoms with Crippen LogP contribution in [-0.4, -0.2) is 5.66 Å². The van der Waals surface area contributed by atoms with Crippen LogP contribution in [0.25, 0.3) is 0 Å². The minimum Gasteiger partial charge on any atom is -0.469 e. The molecule has 0 amide bonds. The van der Waals surface area contributed by atoms with E-state index in [1.54, 1.807) is 0 Å². The van der Waals surface area contributed by atoms with Gasteiger partial charge in [-0.15, -0.1) is 5.16 Å². The monoisotopic (exact) mass is 121 g/mol. The molecule has 1 N–H and O–H groups in total. The third-order valence-electron chi connectivity index (χ3n) is 0.469. The lowest BCUT2D eigenvalue weighted by molar-refractivity contribution is 1.10. The molecular weight excluding hydrogens is 113 g/mol. The van der Waals surface area contributed by atoms with Crippen molar-refractivity contribution in [3.63, 3.8) is 0 Å². The van der Waals surface area contributed by atoms with Crippen LogP contribution >= 0.6 is 6.92 Å². The standard InChI is InChI=1S/C3H8NPS/c1-3(2)5(4)6/h3-4H,1-2H3. The zero-order chi connectivity index (χ0) is 5.15.